The minimum absolute atomic E-state index is 0.276. The molecule has 0 fully saturated rings. The third-order valence-corrected chi connectivity index (χ3v) is 2.01. The van der Waals surface area contributed by atoms with Crippen LogP contribution in [-0.2, 0) is 6.54 Å². The molecule has 0 amide bonds. The second-order valence-corrected chi connectivity index (χ2v) is 4.27. The molecule has 66 valence electrons. The van der Waals surface area contributed by atoms with Gasteiger partial charge in [-0.05, 0) is 12.1 Å². The zero-order valence-electron chi connectivity index (χ0n) is 7.25. The van der Waals surface area contributed by atoms with Gasteiger partial charge in [-0.25, -0.2) is 0 Å². The van der Waals surface area contributed by atoms with Crippen LogP contribution in [0.1, 0.15) is 5.56 Å². The largest absolute Gasteiger partial charge is 0.633 e. The van der Waals surface area contributed by atoms with Crippen LogP contribution in [0, 0.1) is 5.21 Å². The molecule has 2 nitrogen and oxygen atoms in total. The maximum absolute atomic E-state index is 11.3. The van der Waals surface area contributed by atoms with Gasteiger partial charge in [0.15, 0.2) is 0 Å². The van der Waals surface area contributed by atoms with Crippen LogP contribution in [0.3, 0.4) is 0 Å². The van der Waals surface area contributed by atoms with E-state index >= 15 is 0 Å². The Morgan fingerprint density at radius 1 is 1.25 bits per heavy atom. The SMILES string of the molecule is C[N+](C)([O-])Cc1ccc(Br)cc1. The molecular formula is C9H12BrNO. The average molecular weight is 230 g/mol. The highest BCUT2D eigenvalue weighted by atomic mass is 79.9. The van der Waals surface area contributed by atoms with Crippen LogP contribution in [0.15, 0.2) is 28.7 Å². The van der Waals surface area contributed by atoms with E-state index in [-0.39, 0.29) is 4.65 Å². The molecule has 0 aliphatic rings. The van der Waals surface area contributed by atoms with Crippen molar-refractivity contribution >= 4 is 15.9 Å². The molecule has 0 atom stereocenters. The number of halogens is 1. The van der Waals surface area contributed by atoms with Crippen molar-refractivity contribution in [2.75, 3.05) is 14.1 Å². The lowest BCUT2D eigenvalue weighted by Crippen LogP contribution is -2.30. The molecule has 12 heavy (non-hydrogen) atoms. The van der Waals surface area contributed by atoms with E-state index in [1.165, 1.54) is 0 Å². The maximum Gasteiger partial charge on any atom is 0.104 e. The van der Waals surface area contributed by atoms with Crippen LogP contribution >= 0.6 is 15.9 Å². The summed E-state index contributed by atoms with van der Waals surface area (Å²) in [4.78, 5) is 0. The fourth-order valence-electron chi connectivity index (χ4n) is 1.03. The number of nitrogens with zero attached hydrogens (tertiary/aromatic N) is 1. The van der Waals surface area contributed by atoms with Crippen LogP contribution in [0.5, 0.6) is 0 Å². The summed E-state index contributed by atoms with van der Waals surface area (Å²) in [6.45, 7) is 0.521. The summed E-state index contributed by atoms with van der Waals surface area (Å²) in [5.74, 6) is 0. The summed E-state index contributed by atoms with van der Waals surface area (Å²) in [5, 5.41) is 11.3. The topological polar surface area (TPSA) is 23.1 Å². The predicted octanol–water partition coefficient (Wildman–Crippen LogP) is 2.52. The van der Waals surface area contributed by atoms with Gasteiger partial charge in [-0.2, -0.15) is 0 Å². The van der Waals surface area contributed by atoms with Gasteiger partial charge in [0.1, 0.15) is 6.54 Å². The molecule has 0 N–H and O–H groups in total. The number of hydrogen-bond acceptors (Lipinski definition) is 1. The van der Waals surface area contributed by atoms with Gasteiger partial charge in [0.05, 0.1) is 14.1 Å². The minimum Gasteiger partial charge on any atom is -0.633 e. The molecule has 0 saturated heterocycles. The smallest absolute Gasteiger partial charge is 0.104 e. The first kappa shape index (κ1) is 9.71. The summed E-state index contributed by atoms with van der Waals surface area (Å²) >= 11 is 3.34. The molecular weight excluding hydrogens is 218 g/mol. The van der Waals surface area contributed by atoms with Gasteiger partial charge in [-0.1, -0.05) is 28.1 Å². The van der Waals surface area contributed by atoms with E-state index in [2.05, 4.69) is 15.9 Å². The highest BCUT2D eigenvalue weighted by molar-refractivity contribution is 9.10. The third kappa shape index (κ3) is 3.34. The Morgan fingerprint density at radius 3 is 2.17 bits per heavy atom. The first-order valence-electron chi connectivity index (χ1n) is 3.76. The normalized spacial score (nSPS) is 11.7. The minimum atomic E-state index is -0.276. The highest BCUT2D eigenvalue weighted by Gasteiger charge is 2.02. The molecule has 0 bridgehead atoms. The van der Waals surface area contributed by atoms with E-state index in [0.29, 0.717) is 6.54 Å². The van der Waals surface area contributed by atoms with E-state index in [1.807, 2.05) is 24.3 Å². The van der Waals surface area contributed by atoms with Crippen LogP contribution in [-0.4, -0.2) is 18.7 Å². The zero-order valence-corrected chi connectivity index (χ0v) is 8.84. The summed E-state index contributed by atoms with van der Waals surface area (Å²) < 4.78 is 0.768. The second kappa shape index (κ2) is 3.56. The van der Waals surface area contributed by atoms with Gasteiger partial charge in [0.25, 0.3) is 0 Å². The van der Waals surface area contributed by atoms with E-state index in [9.17, 15) is 5.21 Å². The summed E-state index contributed by atoms with van der Waals surface area (Å²) in [7, 11) is 3.28. The Bertz CT molecular complexity index is 250. The monoisotopic (exact) mass is 229 g/mol. The molecule has 0 aliphatic heterocycles. The first-order chi connectivity index (χ1) is 5.47. The summed E-state index contributed by atoms with van der Waals surface area (Å²) in [6, 6.07) is 7.82. The van der Waals surface area contributed by atoms with Crippen LogP contribution < -0.4 is 0 Å². The van der Waals surface area contributed by atoms with Gasteiger partial charge in [0.2, 0.25) is 0 Å². The van der Waals surface area contributed by atoms with Crippen molar-refractivity contribution in [2.24, 2.45) is 0 Å². The van der Waals surface area contributed by atoms with Crippen molar-refractivity contribution in [3.8, 4) is 0 Å². The molecule has 3 heteroatoms. The lowest BCUT2D eigenvalue weighted by molar-refractivity contribution is -0.853. The second-order valence-electron chi connectivity index (χ2n) is 3.36. The zero-order chi connectivity index (χ0) is 9.19. The van der Waals surface area contributed by atoms with Gasteiger partial charge >= 0.3 is 0 Å². The number of rotatable bonds is 2. The van der Waals surface area contributed by atoms with Crippen molar-refractivity contribution in [3.05, 3.63) is 39.5 Å². The Morgan fingerprint density at radius 2 is 1.75 bits per heavy atom. The Balaban J connectivity index is 2.71. The molecule has 0 radical (unpaired) electrons. The van der Waals surface area contributed by atoms with Gasteiger partial charge < -0.3 is 9.85 Å². The Kier molecular flexibility index (Phi) is 2.88. The quantitative estimate of drug-likeness (QED) is 0.565. The van der Waals surface area contributed by atoms with Crippen molar-refractivity contribution in [2.45, 2.75) is 6.54 Å². The Labute approximate surface area is 81.1 Å². The first-order valence-corrected chi connectivity index (χ1v) is 4.55. The van der Waals surface area contributed by atoms with E-state index < -0.39 is 0 Å². The lowest BCUT2D eigenvalue weighted by Gasteiger charge is -2.33. The van der Waals surface area contributed by atoms with Crippen molar-refractivity contribution in [1.82, 2.24) is 0 Å². The van der Waals surface area contributed by atoms with Gasteiger partial charge in [-0.3, -0.25) is 0 Å². The fourth-order valence-corrected chi connectivity index (χ4v) is 1.29. The third-order valence-electron chi connectivity index (χ3n) is 1.48. The molecule has 0 aliphatic carbocycles. The molecule has 0 heterocycles. The maximum atomic E-state index is 11.3. The summed E-state index contributed by atoms with van der Waals surface area (Å²) in [6.07, 6.45) is 0. The van der Waals surface area contributed by atoms with Crippen LogP contribution in [0.25, 0.3) is 0 Å². The Hall–Kier alpha value is -0.380. The molecule has 0 saturated carbocycles. The highest BCUT2D eigenvalue weighted by Crippen LogP contribution is 2.13. The number of hydrogen-bond donors (Lipinski definition) is 0. The standard InChI is InChI=1S/C9H12BrNO/c1-11(2,12)7-8-3-5-9(10)6-4-8/h3-6H,7H2,1-2H3. The summed E-state index contributed by atoms with van der Waals surface area (Å²) in [5.41, 5.74) is 1.07. The predicted molar refractivity (Wildman–Crippen MR) is 53.3 cm³/mol. The van der Waals surface area contributed by atoms with Crippen LogP contribution in [0.4, 0.5) is 0 Å². The van der Waals surface area contributed by atoms with Gasteiger partial charge in [-0.15, -0.1) is 0 Å². The van der Waals surface area contributed by atoms with E-state index in [0.717, 1.165) is 10.0 Å². The molecule has 0 unspecified atom stereocenters. The van der Waals surface area contributed by atoms with Crippen molar-refractivity contribution in [3.63, 3.8) is 0 Å². The lowest BCUT2D eigenvalue weighted by atomic mass is 10.2. The molecule has 1 rings (SSSR count). The number of quaternary nitrogens is 1. The van der Waals surface area contributed by atoms with Gasteiger partial charge in [0, 0.05) is 10.0 Å². The van der Waals surface area contributed by atoms with Crippen molar-refractivity contribution < 1.29 is 4.65 Å². The molecule has 1 aromatic carbocycles. The number of hydroxylamine groups is 3. The fraction of sp³-hybridized carbons (Fsp3) is 0.333. The van der Waals surface area contributed by atoms with E-state index in [1.54, 1.807) is 14.1 Å². The van der Waals surface area contributed by atoms with Crippen molar-refractivity contribution in [1.29, 1.82) is 0 Å². The average Bonchev–Trinajstić information content (AvgIpc) is 1.91. The molecule has 1 aromatic rings. The van der Waals surface area contributed by atoms with Crippen LogP contribution in [0.2, 0.25) is 0 Å². The molecule has 0 spiro atoms. The van der Waals surface area contributed by atoms with E-state index in [4.69, 9.17) is 0 Å². The molecule has 0 aromatic heterocycles. The number of benzene rings is 1.